The van der Waals surface area contributed by atoms with Gasteiger partial charge in [0.25, 0.3) is 0 Å². The van der Waals surface area contributed by atoms with Crippen molar-refractivity contribution in [3.05, 3.63) is 64.2 Å². The molecule has 0 aliphatic carbocycles. The van der Waals surface area contributed by atoms with Crippen LogP contribution in [0.4, 0.5) is 4.39 Å². The maximum atomic E-state index is 13.2. The number of hydrogen-bond acceptors (Lipinski definition) is 6. The standard InChI is InChI=1S/C25H26FNO5/c1-3-31-25(30)17-8-10-27(11-9-17)14-19-20(28)12-15(2)22-23(29)21(32-24(19)22)13-16-4-6-18(26)7-5-16/h4-7,12-13,17,28H,3,8-11,14H2,1-2H3/b21-13+. The lowest BCUT2D eigenvalue weighted by atomic mass is 9.95. The Labute approximate surface area is 186 Å². The van der Waals surface area contributed by atoms with Gasteiger partial charge in [0.2, 0.25) is 5.78 Å². The summed E-state index contributed by atoms with van der Waals surface area (Å²) in [4.78, 5) is 27.1. The Morgan fingerprint density at radius 2 is 1.97 bits per heavy atom. The van der Waals surface area contributed by atoms with E-state index in [4.69, 9.17) is 9.47 Å². The van der Waals surface area contributed by atoms with Gasteiger partial charge in [0, 0.05) is 6.54 Å². The van der Waals surface area contributed by atoms with Crippen molar-refractivity contribution in [1.82, 2.24) is 4.90 Å². The number of esters is 1. The van der Waals surface area contributed by atoms with E-state index in [1.165, 1.54) is 12.1 Å². The molecule has 7 heteroatoms. The third-order valence-electron chi connectivity index (χ3n) is 5.98. The molecule has 0 amide bonds. The summed E-state index contributed by atoms with van der Waals surface area (Å²) in [5.74, 6) is -0.295. The summed E-state index contributed by atoms with van der Waals surface area (Å²) in [6.45, 7) is 5.70. The third kappa shape index (κ3) is 4.39. The third-order valence-corrected chi connectivity index (χ3v) is 5.98. The topological polar surface area (TPSA) is 76.1 Å². The number of benzene rings is 2. The summed E-state index contributed by atoms with van der Waals surface area (Å²) >= 11 is 0. The molecule has 32 heavy (non-hydrogen) atoms. The number of piperidine rings is 1. The van der Waals surface area contributed by atoms with Gasteiger partial charge in [-0.2, -0.15) is 0 Å². The van der Waals surface area contributed by atoms with Crippen molar-refractivity contribution in [3.63, 3.8) is 0 Å². The number of carbonyl (C=O) groups is 2. The number of aryl methyl sites for hydroxylation is 1. The number of carbonyl (C=O) groups excluding carboxylic acids is 2. The van der Waals surface area contributed by atoms with Crippen molar-refractivity contribution in [2.45, 2.75) is 33.2 Å². The second-order valence-electron chi connectivity index (χ2n) is 8.19. The number of allylic oxidation sites excluding steroid dienone is 1. The highest BCUT2D eigenvalue weighted by atomic mass is 19.1. The van der Waals surface area contributed by atoms with Crippen LogP contribution in [0.5, 0.6) is 11.5 Å². The Kier molecular flexibility index (Phi) is 6.28. The molecule has 2 aliphatic rings. The van der Waals surface area contributed by atoms with Gasteiger partial charge in [-0.3, -0.25) is 14.5 Å². The molecule has 0 radical (unpaired) electrons. The number of ketones is 1. The quantitative estimate of drug-likeness (QED) is 0.555. The Balaban J connectivity index is 1.55. The highest BCUT2D eigenvalue weighted by molar-refractivity contribution is 6.15. The van der Waals surface area contributed by atoms with Gasteiger partial charge >= 0.3 is 5.97 Å². The minimum absolute atomic E-state index is 0.0737. The molecular formula is C25H26FNO5. The van der Waals surface area contributed by atoms with Gasteiger partial charge in [-0.1, -0.05) is 12.1 Å². The van der Waals surface area contributed by atoms with E-state index in [9.17, 15) is 19.1 Å². The van der Waals surface area contributed by atoms with E-state index in [1.807, 2.05) is 0 Å². The van der Waals surface area contributed by atoms with Gasteiger partial charge in [0.15, 0.2) is 5.76 Å². The van der Waals surface area contributed by atoms with Crippen LogP contribution in [0.15, 0.2) is 36.1 Å². The predicted molar refractivity (Wildman–Crippen MR) is 117 cm³/mol. The molecule has 2 heterocycles. The number of halogens is 1. The van der Waals surface area contributed by atoms with Crippen LogP contribution in [0.25, 0.3) is 6.08 Å². The molecule has 4 rings (SSSR count). The van der Waals surface area contributed by atoms with Gasteiger partial charge in [0.05, 0.1) is 23.7 Å². The van der Waals surface area contributed by atoms with Crippen molar-refractivity contribution in [2.75, 3.05) is 19.7 Å². The minimum atomic E-state index is -0.358. The minimum Gasteiger partial charge on any atom is -0.507 e. The number of phenolic OH excluding ortho intramolecular Hbond substituents is 1. The summed E-state index contributed by atoms with van der Waals surface area (Å²) in [5, 5.41) is 10.6. The molecule has 2 aromatic rings. The van der Waals surface area contributed by atoms with Crippen molar-refractivity contribution in [2.24, 2.45) is 5.92 Å². The molecule has 1 saturated heterocycles. The molecule has 168 valence electrons. The monoisotopic (exact) mass is 439 g/mol. The molecule has 0 unspecified atom stereocenters. The van der Waals surface area contributed by atoms with Crippen LogP contribution >= 0.6 is 0 Å². The fourth-order valence-corrected chi connectivity index (χ4v) is 4.25. The number of Topliss-reactive ketones (excluding diaryl/α,β-unsaturated/α-hetero) is 1. The van der Waals surface area contributed by atoms with Crippen LogP contribution in [0.2, 0.25) is 0 Å². The Bertz CT molecular complexity index is 1070. The predicted octanol–water partition coefficient (Wildman–Crippen LogP) is 4.23. The maximum Gasteiger partial charge on any atom is 0.309 e. The Morgan fingerprint density at radius 1 is 1.28 bits per heavy atom. The van der Waals surface area contributed by atoms with Gasteiger partial charge in [-0.25, -0.2) is 4.39 Å². The molecule has 0 aromatic heterocycles. The van der Waals surface area contributed by atoms with Crippen LogP contribution < -0.4 is 4.74 Å². The Morgan fingerprint density at radius 3 is 2.62 bits per heavy atom. The lowest BCUT2D eigenvalue weighted by molar-refractivity contribution is -0.149. The number of ether oxygens (including phenoxy) is 2. The fraction of sp³-hybridized carbons (Fsp3) is 0.360. The van der Waals surface area contributed by atoms with E-state index in [-0.39, 0.29) is 35.0 Å². The number of phenols is 1. The lowest BCUT2D eigenvalue weighted by Crippen LogP contribution is -2.36. The van der Waals surface area contributed by atoms with Crippen molar-refractivity contribution < 1.29 is 28.6 Å². The average Bonchev–Trinajstić information content (AvgIpc) is 3.09. The molecule has 2 aromatic carbocycles. The van der Waals surface area contributed by atoms with E-state index in [0.717, 1.165) is 0 Å². The number of rotatable bonds is 5. The molecule has 0 atom stereocenters. The molecule has 1 fully saturated rings. The first-order chi connectivity index (χ1) is 15.4. The molecule has 0 bridgehead atoms. The maximum absolute atomic E-state index is 13.2. The van der Waals surface area contributed by atoms with Gasteiger partial charge in [-0.05, 0) is 75.2 Å². The summed E-state index contributed by atoms with van der Waals surface area (Å²) in [6, 6.07) is 7.37. The molecular weight excluding hydrogens is 413 g/mol. The van der Waals surface area contributed by atoms with Crippen molar-refractivity contribution in [1.29, 1.82) is 0 Å². The van der Waals surface area contributed by atoms with Crippen LogP contribution in [0, 0.1) is 18.7 Å². The number of nitrogens with zero attached hydrogens (tertiary/aromatic N) is 1. The zero-order valence-electron chi connectivity index (χ0n) is 18.2. The molecule has 0 saturated carbocycles. The number of hydrogen-bond donors (Lipinski definition) is 1. The SMILES string of the molecule is CCOC(=O)C1CCN(Cc2c(O)cc(C)c3c2O/C(=C/c2ccc(F)cc2)C3=O)CC1. The Hall–Kier alpha value is -3.19. The van der Waals surface area contributed by atoms with Crippen LogP contribution in [0.3, 0.4) is 0 Å². The second-order valence-corrected chi connectivity index (χ2v) is 8.19. The number of aromatic hydroxyl groups is 1. The van der Waals surface area contributed by atoms with E-state index in [2.05, 4.69) is 4.90 Å². The van der Waals surface area contributed by atoms with Crippen molar-refractivity contribution in [3.8, 4) is 11.5 Å². The number of fused-ring (bicyclic) bond motifs is 1. The first kappa shape index (κ1) is 22.0. The van der Waals surface area contributed by atoms with Crippen molar-refractivity contribution >= 4 is 17.8 Å². The summed E-state index contributed by atoms with van der Waals surface area (Å²) < 4.78 is 24.3. The number of likely N-dealkylation sites (tertiary alicyclic amines) is 1. The van der Waals surface area contributed by atoms with E-state index >= 15 is 0 Å². The molecule has 0 spiro atoms. The van der Waals surface area contributed by atoms with Gasteiger partial charge in [-0.15, -0.1) is 0 Å². The molecule has 6 nitrogen and oxygen atoms in total. The molecule has 1 N–H and O–H groups in total. The average molecular weight is 439 g/mol. The van der Waals surface area contributed by atoms with Crippen LogP contribution in [0.1, 0.15) is 46.8 Å². The summed E-state index contributed by atoms with van der Waals surface area (Å²) in [5.41, 5.74) is 2.27. The largest absolute Gasteiger partial charge is 0.507 e. The fourth-order valence-electron chi connectivity index (χ4n) is 4.25. The van der Waals surface area contributed by atoms with E-state index in [1.54, 1.807) is 38.1 Å². The highest BCUT2D eigenvalue weighted by Gasteiger charge is 2.34. The van der Waals surface area contributed by atoms with E-state index in [0.29, 0.717) is 67.1 Å². The highest BCUT2D eigenvalue weighted by Crippen LogP contribution is 2.42. The van der Waals surface area contributed by atoms with E-state index < -0.39 is 0 Å². The normalized spacial score (nSPS) is 18.0. The smallest absolute Gasteiger partial charge is 0.309 e. The van der Waals surface area contributed by atoms with Gasteiger partial charge < -0.3 is 14.6 Å². The zero-order chi connectivity index (χ0) is 22.8. The first-order valence-electron chi connectivity index (χ1n) is 10.8. The first-order valence-corrected chi connectivity index (χ1v) is 10.8. The van der Waals surface area contributed by atoms with Crippen LogP contribution in [-0.2, 0) is 16.1 Å². The summed E-state index contributed by atoms with van der Waals surface area (Å²) in [6.07, 6.45) is 2.94. The van der Waals surface area contributed by atoms with Crippen LogP contribution in [-0.4, -0.2) is 41.5 Å². The summed E-state index contributed by atoms with van der Waals surface area (Å²) in [7, 11) is 0. The van der Waals surface area contributed by atoms with Gasteiger partial charge in [0.1, 0.15) is 17.3 Å². The second kappa shape index (κ2) is 9.12. The zero-order valence-corrected chi connectivity index (χ0v) is 18.2. The molecule has 2 aliphatic heterocycles. The lowest BCUT2D eigenvalue weighted by Gasteiger charge is -2.31.